The third-order valence-corrected chi connectivity index (χ3v) is 11.5. The average Bonchev–Trinajstić information content (AvgIpc) is 3.16. The van der Waals surface area contributed by atoms with E-state index in [1.165, 1.54) is 44.9 Å². The number of nitrogens with zero attached hydrogens (tertiary/aromatic N) is 2. The largest absolute Gasteiger partial charge is 0.396 e. The Morgan fingerprint density at radius 1 is 0.939 bits per heavy atom. The summed E-state index contributed by atoms with van der Waals surface area (Å²) >= 11 is 0. The van der Waals surface area contributed by atoms with Crippen LogP contribution in [0.4, 0.5) is 0 Å². The number of aliphatic hydroxyl groups is 1. The van der Waals surface area contributed by atoms with Crippen LogP contribution in [0, 0.1) is 46.3 Å². The number of aliphatic hydroxyl groups excluding tert-OH is 1. The van der Waals surface area contributed by atoms with Gasteiger partial charge in [-0.25, -0.2) is 0 Å². The van der Waals surface area contributed by atoms with Crippen molar-refractivity contribution in [3.8, 4) is 0 Å². The van der Waals surface area contributed by atoms with Crippen LogP contribution >= 0.6 is 0 Å². The lowest BCUT2D eigenvalue weighted by Crippen LogP contribution is -2.56. The van der Waals surface area contributed by atoms with Crippen molar-refractivity contribution < 1.29 is 14.7 Å². The number of hydrogen-bond donors (Lipinski definition) is 1. The molecule has 0 aromatic heterocycles. The lowest BCUT2D eigenvalue weighted by molar-refractivity contribution is -0.151. The Morgan fingerprint density at radius 3 is 2.39 bits per heavy atom. The Morgan fingerprint density at radius 2 is 1.70 bits per heavy atom. The molecule has 5 heteroatoms. The van der Waals surface area contributed by atoms with E-state index in [0.717, 1.165) is 44.9 Å². The fourth-order valence-electron chi connectivity index (χ4n) is 9.65. The van der Waals surface area contributed by atoms with E-state index in [-0.39, 0.29) is 22.7 Å². The minimum absolute atomic E-state index is 0.144. The number of hydrogen-bond acceptors (Lipinski definition) is 4. The third kappa shape index (κ3) is 3.90. The molecule has 4 saturated carbocycles. The van der Waals surface area contributed by atoms with Gasteiger partial charge in [0.2, 0.25) is 5.91 Å². The van der Waals surface area contributed by atoms with Crippen LogP contribution in [-0.2, 0) is 9.59 Å². The number of rotatable bonds is 4. The molecule has 0 aromatic carbocycles. The SMILES string of the molecule is CC(=O)N1CCN(CC(=O)C2CCC3[C@@H]4CCC5CC(C)CCC5(CO)C4CCC23C)CC1. The summed E-state index contributed by atoms with van der Waals surface area (Å²) in [5, 5.41) is 10.7. The van der Waals surface area contributed by atoms with Gasteiger partial charge in [-0.3, -0.25) is 14.5 Å². The summed E-state index contributed by atoms with van der Waals surface area (Å²) in [5.74, 6) is 4.35. The molecule has 5 aliphatic rings. The van der Waals surface area contributed by atoms with Crippen LogP contribution < -0.4 is 0 Å². The van der Waals surface area contributed by atoms with E-state index in [1.54, 1.807) is 6.92 Å². The third-order valence-electron chi connectivity index (χ3n) is 11.5. The molecule has 0 radical (unpaired) electrons. The standard InChI is InChI=1S/C28H46N2O3/c1-19-8-11-28(18-31)21(16-19)4-5-22-23-6-7-25(27(23,3)10-9-24(22)28)26(33)17-29-12-14-30(15-13-29)20(2)32/h19,21-25,31H,4-18H2,1-3H3/t19?,21?,22-,23?,24?,25?,27?,28?/m0/s1. The first-order valence-electron chi connectivity index (χ1n) is 13.9. The number of Topliss-reactive ketones (excluding diaryl/α,β-unsaturated/α-hetero) is 1. The van der Waals surface area contributed by atoms with Gasteiger partial charge in [-0.1, -0.05) is 20.3 Å². The van der Waals surface area contributed by atoms with E-state index < -0.39 is 0 Å². The first-order chi connectivity index (χ1) is 15.8. The molecule has 1 N–H and O–H groups in total. The zero-order valence-electron chi connectivity index (χ0n) is 21.2. The lowest BCUT2D eigenvalue weighted by atomic mass is 9.44. The minimum atomic E-state index is 0.144. The van der Waals surface area contributed by atoms with Crippen LogP contribution in [0.3, 0.4) is 0 Å². The summed E-state index contributed by atoms with van der Waals surface area (Å²) in [6, 6.07) is 0. The number of amides is 1. The topological polar surface area (TPSA) is 60.9 Å². The maximum atomic E-state index is 13.6. The Bertz CT molecular complexity index is 762. The van der Waals surface area contributed by atoms with Gasteiger partial charge in [-0.15, -0.1) is 0 Å². The summed E-state index contributed by atoms with van der Waals surface area (Å²) in [7, 11) is 0. The first-order valence-corrected chi connectivity index (χ1v) is 13.9. The second-order valence-electron chi connectivity index (χ2n) is 12.8. The highest BCUT2D eigenvalue weighted by Crippen LogP contribution is 2.67. The minimum Gasteiger partial charge on any atom is -0.396 e. The zero-order chi connectivity index (χ0) is 23.4. The number of carbonyl (C=O) groups excluding carboxylic acids is 2. The smallest absolute Gasteiger partial charge is 0.219 e. The van der Waals surface area contributed by atoms with Gasteiger partial charge >= 0.3 is 0 Å². The molecule has 8 atom stereocenters. The van der Waals surface area contributed by atoms with Crippen molar-refractivity contribution in [3.63, 3.8) is 0 Å². The van der Waals surface area contributed by atoms with Gasteiger partial charge in [0.15, 0.2) is 0 Å². The van der Waals surface area contributed by atoms with Gasteiger partial charge in [-0.05, 0) is 91.8 Å². The molecule has 4 aliphatic carbocycles. The van der Waals surface area contributed by atoms with E-state index in [2.05, 4.69) is 18.7 Å². The van der Waals surface area contributed by atoms with E-state index >= 15 is 0 Å². The molecule has 33 heavy (non-hydrogen) atoms. The number of carbonyl (C=O) groups is 2. The molecule has 7 unspecified atom stereocenters. The molecule has 1 amide bonds. The van der Waals surface area contributed by atoms with Crippen LogP contribution in [0.15, 0.2) is 0 Å². The molecular formula is C28H46N2O3. The number of piperazine rings is 1. The lowest BCUT2D eigenvalue weighted by Gasteiger charge is -2.61. The molecule has 0 spiro atoms. The Labute approximate surface area is 200 Å². The Hall–Kier alpha value is -0.940. The molecule has 186 valence electrons. The Kier molecular flexibility index (Phi) is 6.44. The highest BCUT2D eigenvalue weighted by Gasteiger charge is 2.62. The van der Waals surface area contributed by atoms with Gasteiger partial charge in [-0.2, -0.15) is 0 Å². The quantitative estimate of drug-likeness (QED) is 0.692. The van der Waals surface area contributed by atoms with Crippen molar-refractivity contribution >= 4 is 11.7 Å². The van der Waals surface area contributed by atoms with Crippen molar-refractivity contribution in [2.75, 3.05) is 39.3 Å². The van der Waals surface area contributed by atoms with Crippen molar-refractivity contribution in [1.82, 2.24) is 9.80 Å². The van der Waals surface area contributed by atoms with Crippen LogP contribution in [0.25, 0.3) is 0 Å². The molecule has 5 fully saturated rings. The van der Waals surface area contributed by atoms with Gasteiger partial charge in [0, 0.05) is 45.6 Å². The van der Waals surface area contributed by atoms with E-state index in [0.29, 0.717) is 42.6 Å². The molecule has 1 heterocycles. The summed E-state index contributed by atoms with van der Waals surface area (Å²) < 4.78 is 0. The van der Waals surface area contributed by atoms with Crippen LogP contribution in [0.2, 0.25) is 0 Å². The normalized spacial score (nSPS) is 45.8. The summed E-state index contributed by atoms with van der Waals surface area (Å²) in [6.07, 6.45) is 11.0. The van der Waals surface area contributed by atoms with Crippen molar-refractivity contribution in [1.29, 1.82) is 0 Å². The molecular weight excluding hydrogens is 412 g/mol. The van der Waals surface area contributed by atoms with Gasteiger partial charge in [0.25, 0.3) is 0 Å². The van der Waals surface area contributed by atoms with Gasteiger partial charge in [0.05, 0.1) is 6.54 Å². The number of ketones is 1. The molecule has 1 saturated heterocycles. The highest BCUT2D eigenvalue weighted by atomic mass is 16.3. The van der Waals surface area contributed by atoms with Crippen LogP contribution in [0.5, 0.6) is 0 Å². The summed E-state index contributed by atoms with van der Waals surface area (Å²) in [5.41, 5.74) is 0.306. The van der Waals surface area contributed by atoms with E-state index in [4.69, 9.17) is 0 Å². The fraction of sp³-hybridized carbons (Fsp3) is 0.929. The Balaban J connectivity index is 1.27. The maximum Gasteiger partial charge on any atom is 0.219 e. The van der Waals surface area contributed by atoms with Crippen molar-refractivity contribution in [2.24, 2.45) is 46.3 Å². The van der Waals surface area contributed by atoms with E-state index in [1.807, 2.05) is 4.90 Å². The predicted molar refractivity (Wildman–Crippen MR) is 129 cm³/mol. The van der Waals surface area contributed by atoms with Crippen LogP contribution in [-0.4, -0.2) is 65.9 Å². The zero-order valence-corrected chi connectivity index (χ0v) is 21.2. The van der Waals surface area contributed by atoms with Gasteiger partial charge in [0.1, 0.15) is 5.78 Å². The molecule has 0 bridgehead atoms. The first kappa shape index (κ1) is 23.8. The molecule has 0 aromatic rings. The second-order valence-corrected chi connectivity index (χ2v) is 12.8. The molecule has 5 rings (SSSR count). The highest BCUT2D eigenvalue weighted by molar-refractivity contribution is 5.84. The molecule has 5 nitrogen and oxygen atoms in total. The number of fused-ring (bicyclic) bond motifs is 5. The van der Waals surface area contributed by atoms with Gasteiger partial charge < -0.3 is 10.0 Å². The maximum absolute atomic E-state index is 13.6. The van der Waals surface area contributed by atoms with Crippen molar-refractivity contribution in [3.05, 3.63) is 0 Å². The predicted octanol–water partition coefficient (Wildman–Crippen LogP) is 3.99. The second kappa shape index (κ2) is 8.93. The van der Waals surface area contributed by atoms with E-state index in [9.17, 15) is 14.7 Å². The average molecular weight is 459 g/mol. The molecule has 1 aliphatic heterocycles. The monoisotopic (exact) mass is 458 g/mol. The van der Waals surface area contributed by atoms with Crippen molar-refractivity contribution in [2.45, 2.75) is 78.6 Å². The van der Waals surface area contributed by atoms with Crippen LogP contribution in [0.1, 0.15) is 78.6 Å². The summed E-state index contributed by atoms with van der Waals surface area (Å²) in [6.45, 7) is 10.6. The fourth-order valence-corrected chi connectivity index (χ4v) is 9.65. The summed E-state index contributed by atoms with van der Waals surface area (Å²) in [4.78, 5) is 29.4.